The number of hydrogen-bond acceptors (Lipinski definition) is 5. The van der Waals surface area contributed by atoms with E-state index >= 15 is 0 Å². The number of nitrogens with zero attached hydrogens (tertiary/aromatic N) is 4. The van der Waals surface area contributed by atoms with Gasteiger partial charge in [-0.05, 0) is 66.1 Å². The van der Waals surface area contributed by atoms with Crippen molar-refractivity contribution in [3.63, 3.8) is 0 Å². The molecule has 0 amide bonds. The van der Waals surface area contributed by atoms with Gasteiger partial charge in [-0.15, -0.1) is 0 Å². The van der Waals surface area contributed by atoms with Crippen LogP contribution in [0.3, 0.4) is 0 Å². The summed E-state index contributed by atoms with van der Waals surface area (Å²) in [4.78, 5) is 20.6. The molecule has 7 heteroatoms. The number of aromatic nitrogens is 4. The molecule has 5 rings (SSSR count). The number of hydrogen-bond donors (Lipinski definition) is 1. The minimum atomic E-state index is -1.04. The Morgan fingerprint density at radius 2 is 1.68 bits per heavy atom. The molecule has 1 aliphatic carbocycles. The average molecular weight is 455 g/mol. The predicted octanol–water partition coefficient (Wildman–Crippen LogP) is 4.26. The zero-order valence-electron chi connectivity index (χ0n) is 18.7. The minimum Gasteiger partial charge on any atom is -0.478 e. The Morgan fingerprint density at radius 1 is 0.941 bits per heavy atom. The summed E-state index contributed by atoms with van der Waals surface area (Å²) in [7, 11) is 0. The molecule has 1 N–H and O–H groups in total. The van der Waals surface area contributed by atoms with Crippen LogP contribution in [0.5, 0.6) is 5.75 Å². The van der Waals surface area contributed by atoms with Crippen LogP contribution < -0.4 is 4.74 Å². The van der Waals surface area contributed by atoms with Gasteiger partial charge in [-0.1, -0.05) is 24.3 Å². The number of rotatable bonds is 8. The molecule has 0 radical (unpaired) electrons. The van der Waals surface area contributed by atoms with Crippen LogP contribution in [-0.2, 0) is 24.2 Å². The van der Waals surface area contributed by atoms with E-state index in [-0.39, 0.29) is 12.5 Å². The second-order valence-electron chi connectivity index (χ2n) is 8.55. The summed E-state index contributed by atoms with van der Waals surface area (Å²) in [6, 6.07) is 13.8. The van der Waals surface area contributed by atoms with E-state index in [1.54, 1.807) is 23.3 Å². The van der Waals surface area contributed by atoms with E-state index in [2.05, 4.69) is 21.1 Å². The Balaban J connectivity index is 1.40. The average Bonchev–Trinajstić information content (AvgIpc) is 3.33. The molecule has 0 bridgehead atoms. The molecule has 0 spiro atoms. The van der Waals surface area contributed by atoms with Crippen LogP contribution in [0, 0.1) is 0 Å². The van der Waals surface area contributed by atoms with E-state index in [1.165, 1.54) is 5.56 Å². The van der Waals surface area contributed by atoms with Crippen molar-refractivity contribution in [1.29, 1.82) is 0 Å². The molecular weight excluding hydrogens is 428 g/mol. The van der Waals surface area contributed by atoms with Crippen LogP contribution >= 0.6 is 0 Å². The Labute approximate surface area is 198 Å². The molecule has 0 saturated heterocycles. The number of carboxylic acid groups (broad SMARTS) is 1. The SMILES string of the molecule is O=C(O)C(Cn1cc(C(c2cccnc2)c2cccnc2)cn1)Oc1cccc2c1CCCC2. The first kappa shape index (κ1) is 21.8. The van der Waals surface area contributed by atoms with E-state index in [0.717, 1.165) is 47.9 Å². The lowest BCUT2D eigenvalue weighted by Gasteiger charge is -2.22. The van der Waals surface area contributed by atoms with Gasteiger partial charge in [-0.2, -0.15) is 5.10 Å². The van der Waals surface area contributed by atoms with Gasteiger partial charge in [0.15, 0.2) is 0 Å². The molecule has 0 fully saturated rings. The number of benzene rings is 1. The van der Waals surface area contributed by atoms with Gasteiger partial charge in [0.2, 0.25) is 6.10 Å². The fourth-order valence-corrected chi connectivity index (χ4v) is 4.64. The van der Waals surface area contributed by atoms with Crippen LogP contribution in [0.4, 0.5) is 0 Å². The zero-order valence-corrected chi connectivity index (χ0v) is 18.7. The molecule has 4 aromatic rings. The summed E-state index contributed by atoms with van der Waals surface area (Å²) in [6.07, 6.45) is 13.9. The maximum absolute atomic E-state index is 12.1. The highest BCUT2D eigenvalue weighted by molar-refractivity contribution is 5.72. The number of carbonyl (C=O) groups is 1. The van der Waals surface area contributed by atoms with E-state index < -0.39 is 12.1 Å². The normalized spacial score (nSPS) is 13.9. The van der Waals surface area contributed by atoms with E-state index in [4.69, 9.17) is 4.74 Å². The van der Waals surface area contributed by atoms with Gasteiger partial charge in [0.1, 0.15) is 5.75 Å². The Hall–Kier alpha value is -4.00. The topological polar surface area (TPSA) is 90.1 Å². The van der Waals surface area contributed by atoms with Gasteiger partial charge in [0.25, 0.3) is 0 Å². The molecule has 3 heterocycles. The quantitative estimate of drug-likeness (QED) is 0.428. The van der Waals surface area contributed by atoms with Crippen LogP contribution in [0.2, 0.25) is 0 Å². The first-order chi connectivity index (χ1) is 16.7. The summed E-state index contributed by atoms with van der Waals surface area (Å²) in [5.41, 5.74) is 5.34. The van der Waals surface area contributed by atoms with Crippen molar-refractivity contribution >= 4 is 5.97 Å². The van der Waals surface area contributed by atoms with Crippen molar-refractivity contribution in [2.24, 2.45) is 0 Å². The summed E-state index contributed by atoms with van der Waals surface area (Å²) in [6.45, 7) is 0.103. The first-order valence-corrected chi connectivity index (χ1v) is 11.5. The second kappa shape index (κ2) is 9.87. The fourth-order valence-electron chi connectivity index (χ4n) is 4.64. The highest BCUT2D eigenvalue weighted by Gasteiger charge is 2.25. The first-order valence-electron chi connectivity index (χ1n) is 11.5. The monoisotopic (exact) mass is 454 g/mol. The Morgan fingerprint density at radius 3 is 2.35 bits per heavy atom. The van der Waals surface area contributed by atoms with Gasteiger partial charge < -0.3 is 9.84 Å². The molecule has 3 aromatic heterocycles. The molecule has 1 aliphatic rings. The van der Waals surface area contributed by atoms with Crippen LogP contribution in [0.15, 0.2) is 79.6 Å². The smallest absolute Gasteiger partial charge is 0.346 e. The van der Waals surface area contributed by atoms with Gasteiger partial charge in [-0.25, -0.2) is 4.79 Å². The van der Waals surface area contributed by atoms with Crippen LogP contribution in [-0.4, -0.2) is 36.9 Å². The molecule has 0 aliphatic heterocycles. The third kappa shape index (κ3) is 4.69. The van der Waals surface area contributed by atoms with Gasteiger partial charge in [0, 0.05) is 42.5 Å². The maximum Gasteiger partial charge on any atom is 0.346 e. The summed E-state index contributed by atoms with van der Waals surface area (Å²) in [5.74, 6) is -0.455. The Kier molecular flexibility index (Phi) is 6.33. The summed E-state index contributed by atoms with van der Waals surface area (Å²) in [5, 5.41) is 14.4. The number of aliphatic carboxylic acids is 1. The van der Waals surface area contributed by atoms with Crippen molar-refractivity contribution in [2.45, 2.75) is 44.2 Å². The van der Waals surface area contributed by atoms with Crippen molar-refractivity contribution < 1.29 is 14.6 Å². The zero-order chi connectivity index (χ0) is 23.3. The lowest BCUT2D eigenvalue weighted by molar-refractivity contribution is -0.145. The van der Waals surface area contributed by atoms with E-state index in [0.29, 0.717) is 5.75 Å². The molecule has 34 heavy (non-hydrogen) atoms. The molecule has 1 unspecified atom stereocenters. The Bertz CT molecular complexity index is 1220. The van der Waals surface area contributed by atoms with E-state index in [1.807, 2.05) is 55.0 Å². The lowest BCUT2D eigenvalue weighted by Crippen LogP contribution is -2.32. The van der Waals surface area contributed by atoms with Crippen LogP contribution in [0.25, 0.3) is 0 Å². The lowest BCUT2D eigenvalue weighted by atomic mass is 9.89. The number of ether oxygens (including phenoxy) is 1. The summed E-state index contributed by atoms with van der Waals surface area (Å²) >= 11 is 0. The molecule has 172 valence electrons. The standard InChI is InChI=1S/C27H26N4O3/c32-27(33)25(34-24-11-3-7-19-6-1-2-10-23(19)24)18-31-17-22(16-30-31)26(20-8-4-12-28-14-20)21-9-5-13-29-15-21/h3-5,7-9,11-17,25-26H,1-2,6,10,18H2,(H,32,33). The number of aryl methyl sites for hydroxylation is 1. The highest BCUT2D eigenvalue weighted by atomic mass is 16.5. The largest absolute Gasteiger partial charge is 0.478 e. The third-order valence-electron chi connectivity index (χ3n) is 6.27. The predicted molar refractivity (Wildman–Crippen MR) is 127 cm³/mol. The van der Waals surface area contributed by atoms with Gasteiger partial charge in [-0.3, -0.25) is 14.6 Å². The number of fused-ring (bicyclic) bond motifs is 1. The van der Waals surface area contributed by atoms with Crippen molar-refractivity contribution in [2.75, 3.05) is 0 Å². The highest BCUT2D eigenvalue weighted by Crippen LogP contribution is 2.32. The number of pyridine rings is 2. The minimum absolute atomic E-state index is 0.103. The van der Waals surface area contributed by atoms with Crippen molar-refractivity contribution in [1.82, 2.24) is 19.7 Å². The maximum atomic E-state index is 12.1. The van der Waals surface area contributed by atoms with E-state index in [9.17, 15) is 9.90 Å². The second-order valence-corrected chi connectivity index (χ2v) is 8.55. The fraction of sp³-hybridized carbons (Fsp3) is 0.259. The van der Waals surface area contributed by atoms with Crippen molar-refractivity contribution in [3.05, 3.63) is 107 Å². The molecule has 7 nitrogen and oxygen atoms in total. The van der Waals surface area contributed by atoms with Crippen molar-refractivity contribution in [3.8, 4) is 5.75 Å². The number of carboxylic acids is 1. The van der Waals surface area contributed by atoms with Crippen LogP contribution in [0.1, 0.15) is 46.6 Å². The molecule has 1 aromatic carbocycles. The summed E-state index contributed by atoms with van der Waals surface area (Å²) < 4.78 is 7.68. The van der Waals surface area contributed by atoms with Gasteiger partial charge >= 0.3 is 5.97 Å². The molecular formula is C27H26N4O3. The molecule has 0 saturated carbocycles. The molecule has 1 atom stereocenters. The third-order valence-corrected chi connectivity index (χ3v) is 6.27. The van der Waals surface area contributed by atoms with Gasteiger partial charge in [0.05, 0.1) is 12.7 Å².